The number of nitrogens with one attached hydrogen (secondary N) is 2. The molecule has 160 valence electrons. The predicted octanol–water partition coefficient (Wildman–Crippen LogP) is 3.54. The number of aliphatic hydroxyl groups excluding tert-OH is 1. The summed E-state index contributed by atoms with van der Waals surface area (Å²) in [6, 6.07) is 15.6. The number of halogens is 1. The summed E-state index contributed by atoms with van der Waals surface area (Å²) in [5.41, 5.74) is 2.06. The number of guanidine groups is 1. The summed E-state index contributed by atoms with van der Waals surface area (Å²) >= 11 is 0. The van der Waals surface area contributed by atoms with Gasteiger partial charge in [0, 0.05) is 18.5 Å². The van der Waals surface area contributed by atoms with Crippen LogP contribution in [-0.2, 0) is 6.42 Å². The van der Waals surface area contributed by atoms with Crippen molar-refractivity contribution in [1.29, 1.82) is 0 Å². The molecule has 0 aromatic heterocycles. The Kier molecular flexibility index (Phi) is 11.5. The third-order valence-corrected chi connectivity index (χ3v) is 4.38. The van der Waals surface area contributed by atoms with E-state index >= 15 is 0 Å². The van der Waals surface area contributed by atoms with Crippen LogP contribution in [-0.4, -0.2) is 44.5 Å². The van der Waals surface area contributed by atoms with Crippen LogP contribution in [0.3, 0.4) is 0 Å². The minimum atomic E-state index is -0.542. The number of nitrogens with zero attached hydrogens (tertiary/aromatic N) is 1. The fourth-order valence-corrected chi connectivity index (χ4v) is 2.93. The van der Waals surface area contributed by atoms with Crippen molar-refractivity contribution in [3.05, 3.63) is 59.7 Å². The first-order valence-corrected chi connectivity index (χ1v) is 9.56. The average molecular weight is 513 g/mol. The van der Waals surface area contributed by atoms with E-state index in [9.17, 15) is 5.11 Å². The smallest absolute Gasteiger partial charge is 0.191 e. The molecule has 2 aromatic carbocycles. The van der Waals surface area contributed by atoms with E-state index in [1.54, 1.807) is 14.2 Å². The fraction of sp³-hybridized carbons (Fsp3) is 0.409. The fourth-order valence-electron chi connectivity index (χ4n) is 2.93. The van der Waals surface area contributed by atoms with E-state index in [-0.39, 0.29) is 30.0 Å². The van der Waals surface area contributed by atoms with Gasteiger partial charge >= 0.3 is 0 Å². The maximum absolute atomic E-state index is 10.3. The summed E-state index contributed by atoms with van der Waals surface area (Å²) in [4.78, 5) is 4.55. The molecule has 2 unspecified atom stereocenters. The van der Waals surface area contributed by atoms with Crippen LogP contribution in [0.1, 0.15) is 31.0 Å². The standard InChI is InChI=1S/C22H31N3O3.HI/c1-5-23-22(24-15-18(26)13-17-9-7-6-8-10-17)25-16(2)20-14-19(27-3)11-12-21(20)28-4;/h6-12,14,16,18,26H,5,13,15H2,1-4H3,(H2,23,24,25);1H. The average Bonchev–Trinajstić information content (AvgIpc) is 2.72. The summed E-state index contributed by atoms with van der Waals surface area (Å²) in [6.45, 7) is 5.08. The van der Waals surface area contributed by atoms with E-state index in [2.05, 4.69) is 15.6 Å². The quantitative estimate of drug-likeness (QED) is 0.272. The molecule has 2 aromatic rings. The molecular weight excluding hydrogens is 481 g/mol. The summed E-state index contributed by atoms with van der Waals surface area (Å²) in [5, 5.41) is 16.9. The van der Waals surface area contributed by atoms with Gasteiger partial charge in [-0.05, 0) is 37.6 Å². The number of aliphatic imine (C=N–C) groups is 1. The van der Waals surface area contributed by atoms with E-state index in [4.69, 9.17) is 9.47 Å². The Hall–Kier alpha value is -2.00. The molecule has 0 radical (unpaired) electrons. The van der Waals surface area contributed by atoms with E-state index in [1.807, 2.05) is 62.4 Å². The first kappa shape index (κ1) is 25.0. The van der Waals surface area contributed by atoms with Crippen molar-refractivity contribution in [2.24, 2.45) is 4.99 Å². The Morgan fingerprint density at radius 1 is 1.10 bits per heavy atom. The lowest BCUT2D eigenvalue weighted by Gasteiger charge is -2.21. The lowest BCUT2D eigenvalue weighted by atomic mass is 10.1. The van der Waals surface area contributed by atoms with Crippen LogP contribution in [0, 0.1) is 0 Å². The molecule has 2 rings (SSSR count). The third kappa shape index (κ3) is 8.10. The largest absolute Gasteiger partial charge is 0.497 e. The van der Waals surface area contributed by atoms with Gasteiger partial charge in [0.1, 0.15) is 11.5 Å². The highest BCUT2D eigenvalue weighted by atomic mass is 127. The zero-order valence-electron chi connectivity index (χ0n) is 17.5. The molecule has 0 aliphatic rings. The van der Waals surface area contributed by atoms with Crippen LogP contribution in [0.25, 0.3) is 0 Å². The molecule has 0 aliphatic heterocycles. The number of aliphatic hydroxyl groups is 1. The van der Waals surface area contributed by atoms with Crippen LogP contribution in [0.2, 0.25) is 0 Å². The molecule has 29 heavy (non-hydrogen) atoms. The van der Waals surface area contributed by atoms with Crippen LogP contribution in [0.15, 0.2) is 53.5 Å². The summed E-state index contributed by atoms with van der Waals surface area (Å²) in [7, 11) is 3.29. The van der Waals surface area contributed by atoms with Gasteiger partial charge in [-0.1, -0.05) is 30.3 Å². The highest BCUT2D eigenvalue weighted by molar-refractivity contribution is 14.0. The van der Waals surface area contributed by atoms with Crippen LogP contribution >= 0.6 is 24.0 Å². The molecule has 7 heteroatoms. The Balaban J connectivity index is 0.00000420. The van der Waals surface area contributed by atoms with Crippen molar-refractivity contribution in [3.63, 3.8) is 0 Å². The number of ether oxygens (including phenoxy) is 2. The van der Waals surface area contributed by atoms with Crippen LogP contribution in [0.5, 0.6) is 11.5 Å². The molecule has 6 nitrogen and oxygen atoms in total. The van der Waals surface area contributed by atoms with Gasteiger partial charge in [-0.15, -0.1) is 24.0 Å². The van der Waals surface area contributed by atoms with Crippen molar-refractivity contribution in [3.8, 4) is 11.5 Å². The minimum Gasteiger partial charge on any atom is -0.497 e. The second-order valence-corrected chi connectivity index (χ2v) is 6.54. The van der Waals surface area contributed by atoms with Gasteiger partial charge in [0.2, 0.25) is 0 Å². The lowest BCUT2D eigenvalue weighted by molar-refractivity contribution is 0.183. The van der Waals surface area contributed by atoms with Crippen molar-refractivity contribution in [2.45, 2.75) is 32.4 Å². The van der Waals surface area contributed by atoms with Gasteiger partial charge in [-0.2, -0.15) is 0 Å². The molecular formula is C22H32IN3O3. The second-order valence-electron chi connectivity index (χ2n) is 6.54. The maximum atomic E-state index is 10.3. The lowest BCUT2D eigenvalue weighted by Crippen LogP contribution is -2.39. The van der Waals surface area contributed by atoms with Crippen molar-refractivity contribution < 1.29 is 14.6 Å². The predicted molar refractivity (Wildman–Crippen MR) is 129 cm³/mol. The number of rotatable bonds is 9. The topological polar surface area (TPSA) is 75.1 Å². The van der Waals surface area contributed by atoms with E-state index < -0.39 is 6.10 Å². The Labute approximate surface area is 190 Å². The van der Waals surface area contributed by atoms with Crippen molar-refractivity contribution >= 4 is 29.9 Å². The van der Waals surface area contributed by atoms with Gasteiger partial charge in [-0.25, -0.2) is 0 Å². The van der Waals surface area contributed by atoms with Crippen molar-refractivity contribution in [2.75, 3.05) is 27.3 Å². The van der Waals surface area contributed by atoms with Gasteiger partial charge in [0.15, 0.2) is 5.96 Å². The third-order valence-electron chi connectivity index (χ3n) is 4.38. The number of benzene rings is 2. The van der Waals surface area contributed by atoms with Gasteiger partial charge < -0.3 is 25.2 Å². The molecule has 0 saturated heterocycles. The summed E-state index contributed by atoms with van der Waals surface area (Å²) in [6.07, 6.45) is 0.0303. The zero-order valence-corrected chi connectivity index (χ0v) is 19.8. The van der Waals surface area contributed by atoms with E-state index in [0.29, 0.717) is 18.9 Å². The Morgan fingerprint density at radius 2 is 1.83 bits per heavy atom. The zero-order chi connectivity index (χ0) is 20.4. The summed E-state index contributed by atoms with van der Waals surface area (Å²) < 4.78 is 10.8. The highest BCUT2D eigenvalue weighted by Gasteiger charge is 2.15. The summed E-state index contributed by atoms with van der Waals surface area (Å²) in [5.74, 6) is 2.19. The molecule has 0 amide bonds. The van der Waals surface area contributed by atoms with Gasteiger partial charge in [0.25, 0.3) is 0 Å². The molecule has 0 heterocycles. The van der Waals surface area contributed by atoms with E-state index in [0.717, 1.165) is 29.2 Å². The SMILES string of the molecule is CCNC(=NCC(O)Cc1ccccc1)NC(C)c1cc(OC)ccc1OC.I. The highest BCUT2D eigenvalue weighted by Crippen LogP contribution is 2.29. The number of hydrogen-bond donors (Lipinski definition) is 3. The van der Waals surface area contributed by atoms with Crippen LogP contribution < -0.4 is 20.1 Å². The molecule has 3 N–H and O–H groups in total. The second kappa shape index (κ2) is 13.3. The number of methoxy groups -OCH3 is 2. The normalized spacial score (nSPS) is 13.1. The van der Waals surface area contributed by atoms with E-state index in [1.165, 1.54) is 0 Å². The van der Waals surface area contributed by atoms with Gasteiger partial charge in [-0.3, -0.25) is 4.99 Å². The molecule has 0 saturated carbocycles. The molecule has 0 bridgehead atoms. The minimum absolute atomic E-state index is 0. The monoisotopic (exact) mass is 513 g/mol. The van der Waals surface area contributed by atoms with Crippen LogP contribution in [0.4, 0.5) is 0 Å². The Bertz CT molecular complexity index is 756. The first-order chi connectivity index (χ1) is 13.6. The number of hydrogen-bond acceptors (Lipinski definition) is 4. The molecule has 0 aliphatic carbocycles. The first-order valence-electron chi connectivity index (χ1n) is 9.56. The molecule has 2 atom stereocenters. The maximum Gasteiger partial charge on any atom is 0.191 e. The van der Waals surface area contributed by atoms with Gasteiger partial charge in [0.05, 0.1) is 32.9 Å². The molecule has 0 spiro atoms. The van der Waals surface area contributed by atoms with Crippen molar-refractivity contribution in [1.82, 2.24) is 10.6 Å². The molecule has 0 fully saturated rings. The Morgan fingerprint density at radius 3 is 2.45 bits per heavy atom.